The van der Waals surface area contributed by atoms with Gasteiger partial charge in [0.05, 0.1) is 0 Å². The van der Waals surface area contributed by atoms with E-state index in [2.05, 4.69) is 45.3 Å². The van der Waals surface area contributed by atoms with E-state index in [9.17, 15) is 0 Å². The molecule has 0 unspecified atom stereocenters. The van der Waals surface area contributed by atoms with Gasteiger partial charge in [-0.15, -0.1) is 0 Å². The molecule has 0 nitrogen and oxygen atoms in total. The van der Waals surface area contributed by atoms with Gasteiger partial charge >= 0.3 is 0 Å². The van der Waals surface area contributed by atoms with Crippen LogP contribution in [0.2, 0.25) is 31.4 Å². The summed E-state index contributed by atoms with van der Waals surface area (Å²) < 4.78 is 0. The second-order valence-electron chi connectivity index (χ2n) is 6.23. The Bertz CT molecular complexity index is 225. The highest BCUT2D eigenvalue weighted by atomic mass is 35.6. The number of rotatable bonds is 9. The molecule has 0 radical (unpaired) electrons. The van der Waals surface area contributed by atoms with Crippen molar-refractivity contribution >= 4 is 36.9 Å². The van der Waals surface area contributed by atoms with Gasteiger partial charge < -0.3 is 0 Å². The number of unbranched alkanes of at least 4 members (excludes halogenated alkanes) is 3. The van der Waals surface area contributed by atoms with Gasteiger partial charge in [-0.1, -0.05) is 70.9 Å². The normalized spacial score (nSPS) is 13.8. The zero-order valence-electron chi connectivity index (χ0n) is 12.7. The lowest BCUT2D eigenvalue weighted by Gasteiger charge is -2.34. The largest absolute Gasteiger partial charge is 0.168 e. The lowest BCUT2D eigenvalue weighted by Crippen LogP contribution is -2.40. The molecule has 18 heavy (non-hydrogen) atoms. The summed E-state index contributed by atoms with van der Waals surface area (Å²) in [5.74, 6) is 0. The van der Waals surface area contributed by atoms with Crippen molar-refractivity contribution in [2.75, 3.05) is 0 Å². The third-order valence-corrected chi connectivity index (χ3v) is 14.3. The molecule has 0 aliphatic rings. The fraction of sp³-hybridized carbons (Fsp3) is 0.857. The second kappa shape index (κ2) is 8.83. The first-order valence-electron chi connectivity index (χ1n) is 7.22. The second-order valence-corrected chi connectivity index (χ2v) is 20.3. The van der Waals surface area contributed by atoms with Crippen LogP contribution in [-0.2, 0) is 0 Å². The predicted octanol–water partition coefficient (Wildman–Crippen LogP) is 6.70. The Hall–Kier alpha value is 0.754. The topological polar surface area (TPSA) is 0 Å². The molecular weight excluding hydrogens is 295 g/mol. The summed E-state index contributed by atoms with van der Waals surface area (Å²) in [5.41, 5.74) is 0. The summed E-state index contributed by atoms with van der Waals surface area (Å²) in [6.45, 7) is 11.2. The smallest absolute Gasteiger partial charge is 0.152 e. The van der Waals surface area contributed by atoms with Crippen molar-refractivity contribution in [3.63, 3.8) is 0 Å². The Kier molecular flexibility index (Phi) is 9.20. The van der Waals surface area contributed by atoms with Crippen molar-refractivity contribution in [2.45, 2.75) is 76.8 Å². The minimum atomic E-state index is -1.63. The standard InChI is InChI=1S/C14H30Cl2Si2/c1-6-7-8-9-10-11-12-13-14(17(2,3)15)18(4,5)16/h9-10,14H,6-8,11-13H2,1-5H3/b10-9+. The average Bonchev–Trinajstić information content (AvgIpc) is 2.18. The first-order chi connectivity index (χ1) is 8.19. The summed E-state index contributed by atoms with van der Waals surface area (Å²) in [4.78, 5) is 0. The molecule has 0 aromatic rings. The molecule has 0 aliphatic carbocycles. The van der Waals surface area contributed by atoms with Gasteiger partial charge in [0.1, 0.15) is 0 Å². The van der Waals surface area contributed by atoms with Crippen molar-refractivity contribution in [3.05, 3.63) is 12.2 Å². The molecule has 0 spiro atoms. The third-order valence-electron chi connectivity index (χ3n) is 3.41. The van der Waals surface area contributed by atoms with E-state index in [0.717, 1.165) is 0 Å². The Labute approximate surface area is 126 Å². The van der Waals surface area contributed by atoms with Gasteiger partial charge in [-0.05, 0) is 18.0 Å². The minimum absolute atomic E-state index is 0.609. The number of allylic oxidation sites excluding steroid dienone is 2. The van der Waals surface area contributed by atoms with E-state index in [1.54, 1.807) is 0 Å². The maximum Gasteiger partial charge on any atom is 0.152 e. The first-order valence-corrected chi connectivity index (χ1v) is 15.4. The third kappa shape index (κ3) is 8.79. The summed E-state index contributed by atoms with van der Waals surface area (Å²) >= 11 is 13.3. The van der Waals surface area contributed by atoms with Gasteiger partial charge in [0, 0.05) is 0 Å². The first kappa shape index (κ1) is 18.8. The quantitative estimate of drug-likeness (QED) is 0.191. The molecule has 0 aromatic carbocycles. The maximum absolute atomic E-state index is 6.64. The van der Waals surface area contributed by atoms with Gasteiger partial charge in [-0.2, -0.15) is 22.2 Å². The van der Waals surface area contributed by atoms with Gasteiger partial charge in [0.25, 0.3) is 0 Å². The molecule has 0 N–H and O–H groups in total. The van der Waals surface area contributed by atoms with Gasteiger partial charge in [-0.25, -0.2) is 0 Å². The van der Waals surface area contributed by atoms with Gasteiger partial charge in [0.15, 0.2) is 14.8 Å². The summed E-state index contributed by atoms with van der Waals surface area (Å²) in [7, 11) is -3.25. The highest BCUT2D eigenvalue weighted by molar-refractivity contribution is 7.32. The van der Waals surface area contributed by atoms with Crippen LogP contribution in [0.15, 0.2) is 12.2 Å². The molecule has 0 saturated heterocycles. The molecule has 0 aromatic heterocycles. The average molecular weight is 325 g/mol. The summed E-state index contributed by atoms with van der Waals surface area (Å²) in [5, 5.41) is 0.609. The molecule has 0 saturated carbocycles. The Morgan fingerprint density at radius 3 is 1.72 bits per heavy atom. The molecule has 0 amide bonds. The molecule has 0 heterocycles. The van der Waals surface area contributed by atoms with Crippen LogP contribution in [-0.4, -0.2) is 14.8 Å². The zero-order chi connectivity index (χ0) is 14.2. The van der Waals surface area contributed by atoms with E-state index in [1.807, 2.05) is 0 Å². The fourth-order valence-electron chi connectivity index (χ4n) is 2.50. The zero-order valence-corrected chi connectivity index (χ0v) is 16.2. The monoisotopic (exact) mass is 324 g/mol. The maximum atomic E-state index is 6.64. The Morgan fingerprint density at radius 2 is 1.33 bits per heavy atom. The van der Waals surface area contributed by atoms with Crippen LogP contribution in [0.3, 0.4) is 0 Å². The lowest BCUT2D eigenvalue weighted by molar-refractivity contribution is 0.763. The SMILES string of the molecule is CCCC/C=C/CCCC([Si](C)(C)Cl)[Si](C)(C)Cl. The molecule has 0 fully saturated rings. The van der Waals surface area contributed by atoms with E-state index in [0.29, 0.717) is 5.16 Å². The van der Waals surface area contributed by atoms with Crippen LogP contribution in [0, 0.1) is 0 Å². The van der Waals surface area contributed by atoms with E-state index >= 15 is 0 Å². The van der Waals surface area contributed by atoms with Gasteiger partial charge in [0.2, 0.25) is 0 Å². The molecule has 0 bridgehead atoms. The highest BCUT2D eigenvalue weighted by Gasteiger charge is 2.41. The van der Waals surface area contributed by atoms with Crippen molar-refractivity contribution in [3.8, 4) is 0 Å². The van der Waals surface area contributed by atoms with E-state index in [4.69, 9.17) is 22.2 Å². The Balaban J connectivity index is 4.04. The fourth-order valence-corrected chi connectivity index (χ4v) is 16.9. The predicted molar refractivity (Wildman–Crippen MR) is 92.9 cm³/mol. The van der Waals surface area contributed by atoms with Crippen LogP contribution in [0.1, 0.15) is 45.4 Å². The number of hydrogen-bond donors (Lipinski definition) is 0. The molecule has 0 atom stereocenters. The van der Waals surface area contributed by atoms with E-state index in [1.165, 1.54) is 38.5 Å². The molecular formula is C14H30Cl2Si2. The summed E-state index contributed by atoms with van der Waals surface area (Å²) in [6.07, 6.45) is 12.1. The lowest BCUT2D eigenvalue weighted by atomic mass is 10.2. The van der Waals surface area contributed by atoms with Crippen LogP contribution in [0.25, 0.3) is 0 Å². The highest BCUT2D eigenvalue weighted by Crippen LogP contribution is 2.40. The molecule has 0 aliphatic heterocycles. The van der Waals surface area contributed by atoms with E-state index in [-0.39, 0.29) is 0 Å². The van der Waals surface area contributed by atoms with Crippen LogP contribution >= 0.6 is 22.2 Å². The van der Waals surface area contributed by atoms with Crippen molar-refractivity contribution in [2.24, 2.45) is 0 Å². The van der Waals surface area contributed by atoms with Crippen molar-refractivity contribution in [1.29, 1.82) is 0 Å². The van der Waals surface area contributed by atoms with Crippen LogP contribution in [0.4, 0.5) is 0 Å². The van der Waals surface area contributed by atoms with Crippen molar-refractivity contribution in [1.82, 2.24) is 0 Å². The van der Waals surface area contributed by atoms with Crippen LogP contribution < -0.4 is 0 Å². The molecule has 4 heteroatoms. The minimum Gasteiger partial charge on any atom is -0.168 e. The Morgan fingerprint density at radius 1 is 0.889 bits per heavy atom. The van der Waals surface area contributed by atoms with Gasteiger partial charge in [-0.3, -0.25) is 0 Å². The van der Waals surface area contributed by atoms with Crippen molar-refractivity contribution < 1.29 is 0 Å². The molecule has 108 valence electrons. The number of hydrogen-bond acceptors (Lipinski definition) is 0. The number of halogens is 2. The van der Waals surface area contributed by atoms with Crippen LogP contribution in [0.5, 0.6) is 0 Å². The molecule has 0 rings (SSSR count). The summed E-state index contributed by atoms with van der Waals surface area (Å²) in [6, 6.07) is 0. The van der Waals surface area contributed by atoms with E-state index < -0.39 is 14.8 Å².